The first kappa shape index (κ1) is 25.4. The summed E-state index contributed by atoms with van der Waals surface area (Å²) >= 11 is 6.50. The minimum atomic E-state index is -0.336. The van der Waals surface area contributed by atoms with Crippen LogP contribution in [0.2, 0.25) is 5.02 Å². The van der Waals surface area contributed by atoms with Crippen LogP contribution in [0, 0.1) is 0 Å². The first-order chi connectivity index (χ1) is 18.5. The van der Waals surface area contributed by atoms with E-state index >= 15 is 0 Å². The topological polar surface area (TPSA) is 102 Å². The van der Waals surface area contributed by atoms with Crippen LogP contribution in [0.3, 0.4) is 0 Å². The van der Waals surface area contributed by atoms with Gasteiger partial charge in [0.2, 0.25) is 5.91 Å². The molecule has 0 spiro atoms. The highest BCUT2D eigenvalue weighted by molar-refractivity contribution is 6.32. The molecule has 1 aliphatic rings. The van der Waals surface area contributed by atoms with Crippen molar-refractivity contribution in [3.8, 4) is 11.5 Å². The molecule has 1 atom stereocenters. The summed E-state index contributed by atoms with van der Waals surface area (Å²) in [6.07, 6.45) is 5.35. The maximum atomic E-state index is 12.2. The zero-order valence-electron chi connectivity index (χ0n) is 20.9. The van der Waals surface area contributed by atoms with Crippen LogP contribution in [0.4, 0.5) is 17.2 Å². The minimum Gasteiger partial charge on any atom is -0.487 e. The summed E-state index contributed by atoms with van der Waals surface area (Å²) in [6, 6.07) is 14.7. The molecule has 2 N–H and O–H groups in total. The summed E-state index contributed by atoms with van der Waals surface area (Å²) in [5.41, 5.74) is 2.71. The number of ether oxygens (including phenoxy) is 2. The van der Waals surface area contributed by atoms with Gasteiger partial charge >= 0.3 is 0 Å². The molecule has 2 aromatic heterocycles. The zero-order valence-corrected chi connectivity index (χ0v) is 21.6. The molecule has 1 fully saturated rings. The highest BCUT2D eigenvalue weighted by Crippen LogP contribution is 2.36. The first-order valence-electron chi connectivity index (χ1n) is 12.1. The molecule has 3 heterocycles. The third-order valence-electron chi connectivity index (χ3n) is 6.12. The zero-order chi connectivity index (χ0) is 26.5. The second-order valence-corrected chi connectivity index (χ2v) is 9.36. The van der Waals surface area contributed by atoms with Gasteiger partial charge < -0.3 is 25.0 Å². The summed E-state index contributed by atoms with van der Waals surface area (Å²) in [7, 11) is 2.06. The SMILES string of the molecule is C=CC(=O)Nc1cc2c(Nc3ccc(OCc4ccccn4)c(Cl)c3)ncnc2cc1O[C@H]1CCN(C)C1. The molecule has 0 bridgehead atoms. The number of halogens is 1. The molecule has 1 aliphatic heterocycles. The number of carbonyl (C=O) groups excluding carboxylic acids is 1. The van der Waals surface area contributed by atoms with Gasteiger partial charge in [-0.2, -0.15) is 0 Å². The Hall–Kier alpha value is -4.21. The van der Waals surface area contributed by atoms with Crippen LogP contribution in [0.15, 0.2) is 73.7 Å². The molecule has 0 unspecified atom stereocenters. The van der Waals surface area contributed by atoms with Crippen LogP contribution in [-0.4, -0.2) is 52.0 Å². The second kappa shape index (κ2) is 11.5. The van der Waals surface area contributed by atoms with Crippen molar-refractivity contribution in [2.24, 2.45) is 0 Å². The highest BCUT2D eigenvalue weighted by atomic mass is 35.5. The predicted molar refractivity (Wildman–Crippen MR) is 148 cm³/mol. The Labute approximate surface area is 225 Å². The van der Waals surface area contributed by atoms with Crippen LogP contribution in [0.1, 0.15) is 12.1 Å². The van der Waals surface area contributed by atoms with Crippen LogP contribution in [0.25, 0.3) is 10.9 Å². The van der Waals surface area contributed by atoms with Gasteiger partial charge in [-0.05, 0) is 55.9 Å². The van der Waals surface area contributed by atoms with Gasteiger partial charge in [0.05, 0.1) is 21.9 Å². The number of nitrogens with one attached hydrogen (secondary N) is 2. The van der Waals surface area contributed by atoms with E-state index in [4.69, 9.17) is 21.1 Å². The quantitative estimate of drug-likeness (QED) is 0.284. The lowest BCUT2D eigenvalue weighted by Gasteiger charge is -2.18. The maximum Gasteiger partial charge on any atom is 0.247 e. The van der Waals surface area contributed by atoms with Crippen molar-refractivity contribution in [2.75, 3.05) is 30.8 Å². The Kier molecular flexibility index (Phi) is 7.67. The number of pyridine rings is 1. The third kappa shape index (κ3) is 6.01. The normalized spacial score (nSPS) is 15.3. The van der Waals surface area contributed by atoms with Crippen LogP contribution in [0.5, 0.6) is 11.5 Å². The van der Waals surface area contributed by atoms with Crippen molar-refractivity contribution in [3.63, 3.8) is 0 Å². The second-order valence-electron chi connectivity index (χ2n) is 8.95. The summed E-state index contributed by atoms with van der Waals surface area (Å²) < 4.78 is 12.1. The Bertz CT molecular complexity index is 1470. The molecule has 5 rings (SSSR count). The monoisotopic (exact) mass is 530 g/mol. The fourth-order valence-electron chi connectivity index (χ4n) is 4.20. The van der Waals surface area contributed by atoms with E-state index in [1.807, 2.05) is 30.3 Å². The summed E-state index contributed by atoms with van der Waals surface area (Å²) in [5.74, 6) is 1.31. The van der Waals surface area contributed by atoms with Gasteiger partial charge in [0.25, 0.3) is 0 Å². The summed E-state index contributed by atoms with van der Waals surface area (Å²) in [6.45, 7) is 5.64. The average Bonchev–Trinajstić information content (AvgIpc) is 3.33. The van der Waals surface area contributed by atoms with E-state index < -0.39 is 0 Å². The number of carbonyl (C=O) groups is 1. The van der Waals surface area contributed by atoms with Gasteiger partial charge in [-0.25, -0.2) is 9.97 Å². The molecule has 38 heavy (non-hydrogen) atoms. The van der Waals surface area contributed by atoms with Crippen molar-refractivity contribution < 1.29 is 14.3 Å². The molecule has 0 saturated carbocycles. The summed E-state index contributed by atoms with van der Waals surface area (Å²) in [4.78, 5) is 27.5. The van der Waals surface area contributed by atoms with E-state index in [1.165, 1.54) is 12.4 Å². The number of nitrogens with zero attached hydrogens (tertiary/aromatic N) is 4. The van der Waals surface area contributed by atoms with Crippen LogP contribution in [-0.2, 0) is 11.4 Å². The fourth-order valence-corrected chi connectivity index (χ4v) is 4.44. The number of likely N-dealkylation sites (N-methyl/N-ethyl adjacent to an activating group) is 1. The van der Waals surface area contributed by atoms with E-state index in [-0.39, 0.29) is 12.0 Å². The van der Waals surface area contributed by atoms with E-state index in [1.54, 1.807) is 24.4 Å². The number of likely N-dealkylation sites (tertiary alicyclic amines) is 1. The third-order valence-corrected chi connectivity index (χ3v) is 6.41. The van der Waals surface area contributed by atoms with E-state index in [9.17, 15) is 4.79 Å². The van der Waals surface area contributed by atoms with Gasteiger partial charge in [-0.3, -0.25) is 9.78 Å². The predicted octanol–water partition coefficient (Wildman–Crippen LogP) is 5.21. The molecule has 1 amide bonds. The fraction of sp³-hybridized carbons (Fsp3) is 0.214. The van der Waals surface area contributed by atoms with Crippen molar-refractivity contribution in [3.05, 3.63) is 84.4 Å². The molecular formula is C28H27ClN6O3. The Morgan fingerprint density at radius 1 is 1.18 bits per heavy atom. The molecule has 4 aromatic rings. The van der Waals surface area contributed by atoms with Crippen molar-refractivity contribution >= 4 is 45.6 Å². The summed E-state index contributed by atoms with van der Waals surface area (Å²) in [5, 5.41) is 7.30. The molecule has 0 radical (unpaired) electrons. The Morgan fingerprint density at radius 3 is 2.82 bits per heavy atom. The van der Waals surface area contributed by atoms with E-state index in [0.717, 1.165) is 25.2 Å². The van der Waals surface area contributed by atoms with Gasteiger partial charge in [0.1, 0.15) is 36.4 Å². The van der Waals surface area contributed by atoms with E-state index in [0.29, 0.717) is 51.2 Å². The molecule has 0 aliphatic carbocycles. The van der Waals surface area contributed by atoms with Gasteiger partial charge in [0.15, 0.2) is 0 Å². The number of amides is 1. The number of aromatic nitrogens is 3. The van der Waals surface area contributed by atoms with Gasteiger partial charge in [-0.1, -0.05) is 24.2 Å². The molecule has 10 heteroatoms. The number of hydrogen-bond donors (Lipinski definition) is 2. The average molecular weight is 531 g/mol. The Balaban J connectivity index is 1.40. The lowest BCUT2D eigenvalue weighted by Crippen LogP contribution is -2.22. The van der Waals surface area contributed by atoms with Crippen molar-refractivity contribution in [2.45, 2.75) is 19.1 Å². The number of benzene rings is 2. The first-order valence-corrected chi connectivity index (χ1v) is 12.5. The van der Waals surface area contributed by atoms with Gasteiger partial charge in [0, 0.05) is 36.4 Å². The lowest BCUT2D eigenvalue weighted by molar-refractivity contribution is -0.111. The van der Waals surface area contributed by atoms with Crippen LogP contribution < -0.4 is 20.1 Å². The number of rotatable bonds is 9. The van der Waals surface area contributed by atoms with E-state index in [2.05, 4.69) is 44.1 Å². The molecule has 1 saturated heterocycles. The standard InChI is InChI=1S/C28H27ClN6O3/c1-3-27(36)34-24-13-21-23(14-26(24)38-20-9-11-35(2)15-20)31-17-32-28(21)33-18-7-8-25(22(29)12-18)37-16-19-6-4-5-10-30-19/h3-8,10,12-14,17,20H,1,9,11,15-16H2,2H3,(H,34,36)(H,31,32,33)/t20-/m0/s1. The maximum absolute atomic E-state index is 12.2. The number of fused-ring (bicyclic) bond motifs is 1. The molecule has 9 nitrogen and oxygen atoms in total. The number of hydrogen-bond acceptors (Lipinski definition) is 8. The Morgan fingerprint density at radius 2 is 2.08 bits per heavy atom. The molecule has 2 aromatic carbocycles. The highest BCUT2D eigenvalue weighted by Gasteiger charge is 2.23. The number of anilines is 3. The molecule has 194 valence electrons. The van der Waals surface area contributed by atoms with Crippen LogP contribution >= 0.6 is 11.6 Å². The largest absolute Gasteiger partial charge is 0.487 e. The van der Waals surface area contributed by atoms with Gasteiger partial charge in [-0.15, -0.1) is 0 Å². The molecular weight excluding hydrogens is 504 g/mol. The van der Waals surface area contributed by atoms with Crippen molar-refractivity contribution in [1.29, 1.82) is 0 Å². The smallest absolute Gasteiger partial charge is 0.247 e. The van der Waals surface area contributed by atoms with Crippen molar-refractivity contribution in [1.82, 2.24) is 19.9 Å². The minimum absolute atomic E-state index is 0.0248. The lowest BCUT2D eigenvalue weighted by atomic mass is 10.1.